The van der Waals surface area contributed by atoms with Crippen molar-refractivity contribution < 1.29 is 4.52 Å². The van der Waals surface area contributed by atoms with Gasteiger partial charge in [0.05, 0.1) is 0 Å². The van der Waals surface area contributed by atoms with Crippen molar-refractivity contribution in [2.45, 2.75) is 32.3 Å². The highest BCUT2D eigenvalue weighted by molar-refractivity contribution is 8.45. The van der Waals surface area contributed by atoms with Gasteiger partial charge in [-0.15, -0.1) is 0 Å². The van der Waals surface area contributed by atoms with Crippen LogP contribution >= 0.6 is 6.13 Å². The summed E-state index contributed by atoms with van der Waals surface area (Å²) < 4.78 is 5.77. The maximum atomic E-state index is 5.77. The molecule has 15 heavy (non-hydrogen) atoms. The van der Waals surface area contributed by atoms with Gasteiger partial charge in [-0.05, 0) is 32.4 Å². The largest absolute Gasteiger partial charge is 0.441 e. The number of likely N-dealkylation sites (N-methyl/N-ethyl adjacent to an activating group) is 1. The van der Waals surface area contributed by atoms with Gasteiger partial charge in [-0.25, -0.2) is 0 Å². The predicted octanol–water partition coefficient (Wildman–Crippen LogP) is 2.69. The Bertz CT molecular complexity index is 225. The molecule has 0 N–H and O–H groups in total. The molecular formula is C10H20NOPS2. The van der Waals surface area contributed by atoms with E-state index in [-0.39, 0.29) is 6.10 Å². The number of hydrogen-bond donors (Lipinski definition) is 0. The number of nitrogens with zero attached hydrogens (tertiary/aromatic N) is 1. The van der Waals surface area contributed by atoms with Gasteiger partial charge >= 0.3 is 0 Å². The summed E-state index contributed by atoms with van der Waals surface area (Å²) in [7, 11) is 4.15. The van der Waals surface area contributed by atoms with Crippen molar-refractivity contribution in [3.63, 3.8) is 0 Å². The second-order valence-electron chi connectivity index (χ2n) is 4.70. The Kier molecular flexibility index (Phi) is 6.01. The van der Waals surface area contributed by atoms with Crippen molar-refractivity contribution in [1.82, 2.24) is 4.90 Å². The molecule has 0 aromatic heterocycles. The molecule has 0 amide bonds. The third-order valence-electron chi connectivity index (χ3n) is 3.17. The van der Waals surface area contributed by atoms with E-state index < -0.39 is 6.13 Å². The van der Waals surface area contributed by atoms with Crippen molar-refractivity contribution in [2.24, 2.45) is 11.8 Å². The summed E-state index contributed by atoms with van der Waals surface area (Å²) in [6.07, 6.45) is 3.10. The normalized spacial score (nSPS) is 29.5. The first kappa shape index (κ1) is 13.9. The van der Waals surface area contributed by atoms with Crippen LogP contribution in [-0.2, 0) is 28.6 Å². The minimum Gasteiger partial charge on any atom is -0.441 e. The van der Waals surface area contributed by atoms with E-state index in [9.17, 15) is 0 Å². The molecule has 4 atom stereocenters. The van der Waals surface area contributed by atoms with Gasteiger partial charge < -0.3 is 17.1 Å². The zero-order valence-electron chi connectivity index (χ0n) is 9.68. The Morgan fingerprint density at radius 1 is 1.53 bits per heavy atom. The molecule has 1 aliphatic rings. The smallest absolute Gasteiger partial charge is 0.201 e. The quantitative estimate of drug-likeness (QED) is 0.559. The minimum absolute atomic E-state index is 0.249. The molecule has 1 rings (SSSR count). The number of rotatable bonds is 5. The zero-order valence-corrected chi connectivity index (χ0v) is 12.2. The Morgan fingerprint density at radius 2 is 2.20 bits per heavy atom. The Labute approximate surface area is 104 Å². The molecule has 0 bridgehead atoms. The molecule has 1 aliphatic carbocycles. The van der Waals surface area contributed by atoms with E-state index in [1.807, 2.05) is 0 Å². The molecular weight excluding hydrogens is 245 g/mol. The molecule has 88 valence electrons. The summed E-state index contributed by atoms with van der Waals surface area (Å²) in [5, 5.41) is 0. The average molecular weight is 265 g/mol. The van der Waals surface area contributed by atoms with Crippen LogP contribution in [0, 0.1) is 11.8 Å². The second kappa shape index (κ2) is 6.51. The van der Waals surface area contributed by atoms with Gasteiger partial charge in [0.1, 0.15) is 6.10 Å². The van der Waals surface area contributed by atoms with E-state index in [1.165, 1.54) is 19.3 Å². The first-order chi connectivity index (χ1) is 7.00. The van der Waals surface area contributed by atoms with Crippen molar-refractivity contribution in [1.29, 1.82) is 0 Å². The van der Waals surface area contributed by atoms with E-state index in [0.717, 1.165) is 12.5 Å². The fourth-order valence-electron chi connectivity index (χ4n) is 2.44. The topological polar surface area (TPSA) is 12.5 Å². The molecule has 1 saturated carbocycles. The van der Waals surface area contributed by atoms with Crippen molar-refractivity contribution >= 4 is 30.2 Å². The van der Waals surface area contributed by atoms with E-state index in [4.69, 9.17) is 28.6 Å². The maximum absolute atomic E-state index is 5.77. The number of hydrogen-bond acceptors (Lipinski definition) is 4. The molecule has 0 heterocycles. The van der Waals surface area contributed by atoms with Crippen LogP contribution in [0.3, 0.4) is 0 Å². The van der Waals surface area contributed by atoms with Crippen LogP contribution in [-0.4, -0.2) is 31.6 Å². The zero-order chi connectivity index (χ0) is 11.4. The standard InChI is InChI=1S/C10H20NOPS2/c1-8-5-4-6-9(8)10(7-11(2)3)12-13(14)15/h8-10H,4-7H2,1-3H3/t8-,9-,10?/m1/s1. The van der Waals surface area contributed by atoms with Crippen molar-refractivity contribution in [3.05, 3.63) is 0 Å². The molecule has 0 aromatic rings. The van der Waals surface area contributed by atoms with Gasteiger partial charge in [-0.1, -0.05) is 19.8 Å². The van der Waals surface area contributed by atoms with Gasteiger partial charge in [0.2, 0.25) is 6.13 Å². The maximum Gasteiger partial charge on any atom is 0.201 e. The van der Waals surface area contributed by atoms with Crippen LogP contribution in [0.25, 0.3) is 0 Å². The molecule has 0 radical (unpaired) electrons. The van der Waals surface area contributed by atoms with Crippen LogP contribution in [0.5, 0.6) is 0 Å². The molecule has 0 aliphatic heterocycles. The monoisotopic (exact) mass is 265 g/mol. The Morgan fingerprint density at radius 3 is 2.60 bits per heavy atom. The lowest BCUT2D eigenvalue weighted by Crippen LogP contribution is -2.34. The summed E-state index contributed by atoms with van der Waals surface area (Å²) in [6.45, 7) is 3.26. The first-order valence-electron chi connectivity index (χ1n) is 5.46. The summed E-state index contributed by atoms with van der Waals surface area (Å²) in [4.78, 5) is 2.17. The molecule has 2 unspecified atom stereocenters. The molecule has 0 saturated heterocycles. The summed E-state index contributed by atoms with van der Waals surface area (Å²) >= 11 is 10.0. The van der Waals surface area contributed by atoms with E-state index >= 15 is 0 Å². The SMILES string of the molecule is C[C@@H]1CCC[C@H]1C(CN(C)C)O[P+](=S)[S-]. The van der Waals surface area contributed by atoms with Gasteiger partial charge in [-0.2, -0.15) is 4.52 Å². The fraction of sp³-hybridized carbons (Fsp3) is 1.00. The second-order valence-corrected chi connectivity index (χ2v) is 8.04. The fourth-order valence-corrected chi connectivity index (χ4v) is 3.55. The lowest BCUT2D eigenvalue weighted by Gasteiger charge is -2.26. The predicted molar refractivity (Wildman–Crippen MR) is 71.6 cm³/mol. The third-order valence-corrected chi connectivity index (χ3v) is 4.13. The molecule has 5 heteroatoms. The van der Waals surface area contributed by atoms with Gasteiger partial charge in [-0.3, -0.25) is 0 Å². The van der Waals surface area contributed by atoms with E-state index in [1.54, 1.807) is 0 Å². The summed E-state index contributed by atoms with van der Waals surface area (Å²) in [5.74, 6) is 1.41. The highest BCUT2D eigenvalue weighted by Gasteiger charge is 2.34. The Hall–Kier alpha value is 0.790. The Balaban J connectivity index is 2.57. The van der Waals surface area contributed by atoms with Crippen molar-refractivity contribution in [3.8, 4) is 0 Å². The average Bonchev–Trinajstić information content (AvgIpc) is 2.48. The lowest BCUT2D eigenvalue weighted by molar-refractivity contribution is 0.104. The van der Waals surface area contributed by atoms with E-state index in [2.05, 4.69) is 25.9 Å². The van der Waals surface area contributed by atoms with Crippen LogP contribution < -0.4 is 0 Å². The minimum atomic E-state index is -1.07. The van der Waals surface area contributed by atoms with Crippen LogP contribution in [0.15, 0.2) is 0 Å². The summed E-state index contributed by atoms with van der Waals surface area (Å²) in [6, 6.07) is 0. The molecule has 0 spiro atoms. The third kappa shape index (κ3) is 4.66. The van der Waals surface area contributed by atoms with Gasteiger partial charge in [0.25, 0.3) is 0 Å². The molecule has 2 nitrogen and oxygen atoms in total. The van der Waals surface area contributed by atoms with Gasteiger partial charge in [0.15, 0.2) is 11.8 Å². The van der Waals surface area contributed by atoms with Crippen LogP contribution in [0.1, 0.15) is 26.2 Å². The molecule has 1 fully saturated rings. The van der Waals surface area contributed by atoms with Gasteiger partial charge in [0, 0.05) is 6.54 Å². The summed E-state index contributed by atoms with van der Waals surface area (Å²) in [5.41, 5.74) is 0. The van der Waals surface area contributed by atoms with E-state index in [0.29, 0.717) is 5.92 Å². The van der Waals surface area contributed by atoms with Crippen LogP contribution in [0.4, 0.5) is 0 Å². The molecule has 0 aromatic carbocycles. The first-order valence-corrected chi connectivity index (χ1v) is 8.75. The van der Waals surface area contributed by atoms with Crippen LogP contribution in [0.2, 0.25) is 0 Å². The lowest BCUT2D eigenvalue weighted by atomic mass is 9.92. The highest BCUT2D eigenvalue weighted by atomic mass is 32.9. The van der Waals surface area contributed by atoms with Crippen molar-refractivity contribution in [2.75, 3.05) is 20.6 Å². The highest BCUT2D eigenvalue weighted by Crippen LogP contribution is 2.38.